The topological polar surface area (TPSA) is 90.2 Å². The van der Waals surface area contributed by atoms with Gasteiger partial charge in [-0.15, -0.1) is 0 Å². The first-order valence-electron chi connectivity index (χ1n) is 5.85. The zero-order valence-electron chi connectivity index (χ0n) is 10.9. The molecule has 100 valence electrons. The molecule has 2 rings (SSSR count). The van der Waals surface area contributed by atoms with Crippen molar-refractivity contribution in [3.05, 3.63) is 47.8 Å². The highest BCUT2D eigenvalue weighted by Gasteiger charge is 2.18. The third-order valence-corrected chi connectivity index (χ3v) is 2.86. The van der Waals surface area contributed by atoms with Crippen LogP contribution in [0.5, 0.6) is 0 Å². The maximum atomic E-state index is 11.1. The minimum atomic E-state index is -0.485. The van der Waals surface area contributed by atoms with Crippen LogP contribution in [-0.4, -0.2) is 34.7 Å². The van der Waals surface area contributed by atoms with Crippen LogP contribution in [0.1, 0.15) is 22.1 Å². The number of nitrogens with two attached hydrogens (primary N) is 2. The van der Waals surface area contributed by atoms with E-state index in [1.54, 1.807) is 10.9 Å². The average molecular weight is 259 g/mol. The van der Waals surface area contributed by atoms with Crippen molar-refractivity contribution < 1.29 is 4.79 Å². The number of benzene rings is 1. The van der Waals surface area contributed by atoms with Gasteiger partial charge in [-0.3, -0.25) is 9.69 Å². The molecule has 0 fully saturated rings. The smallest absolute Gasteiger partial charge is 0.251 e. The molecule has 0 aliphatic heterocycles. The van der Waals surface area contributed by atoms with Crippen molar-refractivity contribution in [2.75, 3.05) is 19.8 Å². The molecule has 6 heteroatoms. The van der Waals surface area contributed by atoms with Gasteiger partial charge in [0.15, 0.2) is 0 Å². The molecule has 2 aromatic rings. The van der Waals surface area contributed by atoms with Gasteiger partial charge in [-0.1, -0.05) is 12.1 Å². The number of hydrogen-bond acceptors (Lipinski definition) is 4. The van der Waals surface area contributed by atoms with E-state index in [2.05, 4.69) is 5.10 Å². The lowest BCUT2D eigenvalue weighted by atomic mass is 10.1. The maximum absolute atomic E-state index is 11.1. The largest absolute Gasteiger partial charge is 0.399 e. The Balaban J connectivity index is 2.39. The van der Waals surface area contributed by atoms with Crippen molar-refractivity contribution in [3.8, 4) is 0 Å². The van der Waals surface area contributed by atoms with Crippen molar-refractivity contribution in [1.82, 2.24) is 14.7 Å². The Kier molecular flexibility index (Phi) is 3.52. The van der Waals surface area contributed by atoms with Crippen LogP contribution >= 0.6 is 0 Å². The molecule has 1 amide bonds. The Labute approximate surface area is 111 Å². The first-order chi connectivity index (χ1) is 8.99. The first kappa shape index (κ1) is 13.1. The van der Waals surface area contributed by atoms with Crippen molar-refractivity contribution in [1.29, 1.82) is 0 Å². The quantitative estimate of drug-likeness (QED) is 0.790. The molecule has 1 atom stereocenters. The standard InChI is InChI=1S/C13H17N5O/c1-17(2)13(9-3-5-11(14)6-4-9)18-8-10(7-16-18)12(15)19/h3-8,13H,14H2,1-2H3,(H2,15,19). The third-order valence-electron chi connectivity index (χ3n) is 2.86. The zero-order valence-corrected chi connectivity index (χ0v) is 10.9. The van der Waals surface area contributed by atoms with E-state index in [0.29, 0.717) is 11.3 Å². The van der Waals surface area contributed by atoms with Gasteiger partial charge < -0.3 is 11.5 Å². The number of anilines is 1. The van der Waals surface area contributed by atoms with E-state index in [-0.39, 0.29) is 6.17 Å². The van der Waals surface area contributed by atoms with Crippen LogP contribution in [-0.2, 0) is 0 Å². The Bertz CT molecular complexity index is 573. The molecule has 6 nitrogen and oxygen atoms in total. The summed E-state index contributed by atoms with van der Waals surface area (Å²) in [5.74, 6) is -0.485. The molecule has 0 aliphatic carbocycles. The molecule has 0 bridgehead atoms. The van der Waals surface area contributed by atoms with Crippen molar-refractivity contribution in [3.63, 3.8) is 0 Å². The molecule has 1 heterocycles. The molecule has 0 radical (unpaired) electrons. The highest BCUT2D eigenvalue weighted by molar-refractivity contribution is 5.92. The monoisotopic (exact) mass is 259 g/mol. The first-order valence-corrected chi connectivity index (χ1v) is 5.85. The van der Waals surface area contributed by atoms with E-state index in [1.807, 2.05) is 43.3 Å². The van der Waals surface area contributed by atoms with Gasteiger partial charge in [0.1, 0.15) is 6.17 Å². The molecule has 1 aromatic carbocycles. The van der Waals surface area contributed by atoms with E-state index in [9.17, 15) is 4.79 Å². The second kappa shape index (κ2) is 5.11. The minimum Gasteiger partial charge on any atom is -0.399 e. The molecule has 1 unspecified atom stereocenters. The van der Waals surface area contributed by atoms with Gasteiger partial charge in [0.05, 0.1) is 11.8 Å². The van der Waals surface area contributed by atoms with Crippen LogP contribution in [0.3, 0.4) is 0 Å². The van der Waals surface area contributed by atoms with Crippen molar-refractivity contribution >= 4 is 11.6 Å². The number of aromatic nitrogens is 2. The van der Waals surface area contributed by atoms with Crippen LogP contribution < -0.4 is 11.5 Å². The lowest BCUT2D eigenvalue weighted by molar-refractivity contribution is 0.1000. The summed E-state index contributed by atoms with van der Waals surface area (Å²) in [6, 6.07) is 7.55. The van der Waals surface area contributed by atoms with Crippen LogP contribution in [0.15, 0.2) is 36.7 Å². The Morgan fingerprint density at radius 3 is 2.42 bits per heavy atom. The molecule has 4 N–H and O–H groups in total. The number of nitrogens with zero attached hydrogens (tertiary/aromatic N) is 3. The number of nitrogen functional groups attached to an aromatic ring is 1. The predicted molar refractivity (Wildman–Crippen MR) is 73.4 cm³/mol. The van der Waals surface area contributed by atoms with Gasteiger partial charge in [-0.25, -0.2) is 4.68 Å². The van der Waals surface area contributed by atoms with Gasteiger partial charge in [-0.2, -0.15) is 5.10 Å². The Hall–Kier alpha value is -2.34. The summed E-state index contributed by atoms with van der Waals surface area (Å²) in [5.41, 5.74) is 13.1. The van der Waals surface area contributed by atoms with E-state index in [0.717, 1.165) is 5.56 Å². The van der Waals surface area contributed by atoms with E-state index in [1.165, 1.54) is 6.20 Å². The third kappa shape index (κ3) is 2.74. The normalized spacial score (nSPS) is 12.6. The lowest BCUT2D eigenvalue weighted by Crippen LogP contribution is -2.27. The van der Waals surface area contributed by atoms with Crippen LogP contribution in [0.4, 0.5) is 5.69 Å². The summed E-state index contributed by atoms with van der Waals surface area (Å²) in [4.78, 5) is 13.1. The fourth-order valence-corrected chi connectivity index (χ4v) is 1.95. The van der Waals surface area contributed by atoms with E-state index in [4.69, 9.17) is 11.5 Å². The van der Waals surface area contributed by atoms with E-state index >= 15 is 0 Å². The van der Waals surface area contributed by atoms with E-state index < -0.39 is 5.91 Å². The molecule has 1 aromatic heterocycles. The molecule has 0 spiro atoms. The number of primary amides is 1. The fourth-order valence-electron chi connectivity index (χ4n) is 1.95. The average Bonchev–Trinajstić information content (AvgIpc) is 2.81. The van der Waals surface area contributed by atoms with Gasteiger partial charge in [0.2, 0.25) is 0 Å². The van der Waals surface area contributed by atoms with Crippen molar-refractivity contribution in [2.45, 2.75) is 6.17 Å². The summed E-state index contributed by atoms with van der Waals surface area (Å²) in [6.07, 6.45) is 2.99. The summed E-state index contributed by atoms with van der Waals surface area (Å²) < 4.78 is 1.70. The van der Waals surface area contributed by atoms with Crippen molar-refractivity contribution in [2.24, 2.45) is 5.73 Å². The zero-order chi connectivity index (χ0) is 14.0. The number of rotatable bonds is 4. The van der Waals surface area contributed by atoms with Crippen LogP contribution in [0.2, 0.25) is 0 Å². The second-order valence-electron chi connectivity index (χ2n) is 4.58. The summed E-state index contributed by atoms with van der Waals surface area (Å²) in [6.45, 7) is 0. The fraction of sp³-hybridized carbons (Fsp3) is 0.231. The molecule has 0 saturated carbocycles. The molecule has 0 saturated heterocycles. The highest BCUT2D eigenvalue weighted by Crippen LogP contribution is 2.21. The predicted octanol–water partition coefficient (Wildman–Crippen LogP) is 0.673. The van der Waals surface area contributed by atoms with Gasteiger partial charge in [0.25, 0.3) is 5.91 Å². The Morgan fingerprint density at radius 2 is 1.95 bits per heavy atom. The second-order valence-corrected chi connectivity index (χ2v) is 4.58. The van der Waals surface area contributed by atoms with Gasteiger partial charge in [-0.05, 0) is 31.8 Å². The van der Waals surface area contributed by atoms with Gasteiger partial charge in [0, 0.05) is 11.9 Å². The SMILES string of the molecule is CN(C)C(c1ccc(N)cc1)n1cc(C(N)=O)cn1. The number of amides is 1. The summed E-state index contributed by atoms with van der Waals surface area (Å²) in [5, 5.41) is 4.20. The van der Waals surface area contributed by atoms with Crippen LogP contribution in [0.25, 0.3) is 0 Å². The lowest BCUT2D eigenvalue weighted by Gasteiger charge is -2.25. The van der Waals surface area contributed by atoms with Gasteiger partial charge >= 0.3 is 0 Å². The summed E-state index contributed by atoms with van der Waals surface area (Å²) >= 11 is 0. The Morgan fingerprint density at radius 1 is 1.32 bits per heavy atom. The summed E-state index contributed by atoms with van der Waals surface area (Å²) in [7, 11) is 3.87. The molecule has 19 heavy (non-hydrogen) atoms. The minimum absolute atomic E-state index is 0.117. The molecular weight excluding hydrogens is 242 g/mol. The number of hydrogen-bond donors (Lipinski definition) is 2. The molecular formula is C13H17N5O. The number of carbonyl (C=O) groups excluding carboxylic acids is 1. The highest BCUT2D eigenvalue weighted by atomic mass is 16.1. The number of carbonyl (C=O) groups is 1. The maximum Gasteiger partial charge on any atom is 0.251 e. The molecule has 0 aliphatic rings. The van der Waals surface area contributed by atoms with Crippen LogP contribution in [0, 0.1) is 0 Å².